The standard InChI is InChI=1S/2C19H30N5O10P.C4H4O4/c2*1-12(2)33-18(25)28-9-31-35(27,32-10-29-19(26)34-13(3)4)11-30-14(5)6-24-8-23-15-16(20)21-7-22-17(15)24;5-3(6)1-2-4(7)8/h2*7-8,12-14H,6,9-11H2,1-5H3,(H2,20,21,22);1-2H,(H,5,6)(H,7,8)/b;;2-1+/t2*14-;/m11./s1. The number of aliphatic carboxylic acids is 2. The maximum atomic E-state index is 13.1. The molecule has 0 saturated heterocycles. The Morgan fingerprint density at radius 2 is 0.782 bits per heavy atom. The zero-order chi connectivity index (χ0) is 58.6. The van der Waals surface area contributed by atoms with E-state index in [9.17, 15) is 37.9 Å². The quantitative estimate of drug-likeness (QED) is 0.0172. The number of carbonyl (C=O) groups is 6. The molecule has 0 aliphatic rings. The molecule has 0 fully saturated rings. The van der Waals surface area contributed by atoms with Crippen LogP contribution in [0.3, 0.4) is 0 Å². The first-order valence-electron chi connectivity index (χ1n) is 22.9. The van der Waals surface area contributed by atoms with Gasteiger partial charge in [0.1, 0.15) is 36.4 Å². The summed E-state index contributed by atoms with van der Waals surface area (Å²) < 4.78 is 99.3. The third-order valence-electron chi connectivity index (χ3n) is 8.20. The highest BCUT2D eigenvalue weighted by Gasteiger charge is 2.30. The zero-order valence-electron chi connectivity index (χ0n) is 44.1. The monoisotopic (exact) mass is 1150 g/mol. The number of carboxylic acid groups (broad SMARTS) is 2. The van der Waals surface area contributed by atoms with Crippen LogP contribution < -0.4 is 11.5 Å². The highest BCUT2D eigenvalue weighted by Crippen LogP contribution is 2.49. The molecule has 0 aliphatic heterocycles. The lowest BCUT2D eigenvalue weighted by molar-refractivity contribution is -0.134. The summed E-state index contributed by atoms with van der Waals surface area (Å²) in [5.41, 5.74) is 13.4. The molecule has 36 heteroatoms. The molecule has 78 heavy (non-hydrogen) atoms. The van der Waals surface area contributed by atoms with Crippen molar-refractivity contribution in [3.63, 3.8) is 0 Å². The number of carboxylic acids is 2. The van der Waals surface area contributed by atoms with Gasteiger partial charge >= 0.3 is 51.8 Å². The fourth-order valence-corrected chi connectivity index (χ4v) is 7.23. The molecule has 0 unspecified atom stereocenters. The number of nitrogens with two attached hydrogens (primary N) is 2. The van der Waals surface area contributed by atoms with E-state index in [0.29, 0.717) is 34.5 Å². The van der Waals surface area contributed by atoms with Gasteiger partial charge in [-0.05, 0) is 69.2 Å². The van der Waals surface area contributed by atoms with E-state index in [4.69, 9.17) is 87.1 Å². The van der Waals surface area contributed by atoms with Gasteiger partial charge in [-0.3, -0.25) is 27.2 Å². The number of ether oxygens (including phenoxy) is 10. The van der Waals surface area contributed by atoms with Gasteiger partial charge in [0.05, 0.1) is 62.4 Å². The van der Waals surface area contributed by atoms with E-state index in [1.807, 2.05) is 0 Å². The van der Waals surface area contributed by atoms with E-state index < -0.39 is 128 Å². The molecule has 6 N–H and O–H groups in total. The van der Waals surface area contributed by atoms with Crippen molar-refractivity contribution in [3.05, 3.63) is 37.5 Å². The number of hydrogen-bond donors (Lipinski definition) is 4. The van der Waals surface area contributed by atoms with Gasteiger partial charge in [-0.2, -0.15) is 0 Å². The summed E-state index contributed by atoms with van der Waals surface area (Å²) in [7, 11) is -8.12. The highest BCUT2D eigenvalue weighted by molar-refractivity contribution is 7.53. The Hall–Kier alpha value is -7.32. The van der Waals surface area contributed by atoms with Crippen LogP contribution in [0, 0.1) is 0 Å². The van der Waals surface area contributed by atoms with Crippen molar-refractivity contribution in [2.24, 2.45) is 0 Å². The summed E-state index contributed by atoms with van der Waals surface area (Å²) >= 11 is 0. The Kier molecular flexibility index (Phi) is 28.9. The van der Waals surface area contributed by atoms with Crippen LogP contribution in [0.15, 0.2) is 37.5 Å². The minimum atomic E-state index is -4.06. The fourth-order valence-electron chi connectivity index (χ4n) is 5.05. The van der Waals surface area contributed by atoms with Gasteiger partial charge in [-0.15, -0.1) is 0 Å². The van der Waals surface area contributed by atoms with Crippen LogP contribution in [-0.2, 0) is 97.3 Å². The normalized spacial score (nSPS) is 12.3. The van der Waals surface area contributed by atoms with E-state index in [1.165, 1.54) is 25.3 Å². The van der Waals surface area contributed by atoms with Gasteiger partial charge in [0.2, 0.25) is 27.2 Å². The molecule has 0 spiro atoms. The summed E-state index contributed by atoms with van der Waals surface area (Å²) in [6.45, 7) is 14.0. The summed E-state index contributed by atoms with van der Waals surface area (Å²) in [5.74, 6) is -2.04. The number of carbonyl (C=O) groups excluding carboxylic acids is 4. The first-order valence-corrected chi connectivity index (χ1v) is 26.4. The number of nitrogens with zero attached hydrogens (tertiary/aromatic N) is 8. The van der Waals surface area contributed by atoms with Gasteiger partial charge in [0.25, 0.3) is 0 Å². The van der Waals surface area contributed by atoms with Gasteiger partial charge in [0.15, 0.2) is 22.9 Å². The predicted octanol–water partition coefficient (Wildman–Crippen LogP) is 5.78. The third kappa shape index (κ3) is 27.1. The highest BCUT2D eigenvalue weighted by atomic mass is 31.2. The molecule has 0 aliphatic carbocycles. The molecule has 436 valence electrons. The SMILES string of the molecule is CC(C)OC(=O)OCOP(=O)(CO[C@H](C)Cn1cnc2c(N)ncnc21)OCOC(=O)OC(C)C.CC(C)OC(=O)OCOP(=O)(CO[C@H](C)Cn1cnc2c(N)ncnc21)OCOC(=O)OC(C)C.O=C(O)/C=C/C(=O)O. The van der Waals surface area contributed by atoms with Crippen molar-refractivity contribution in [3.8, 4) is 0 Å². The predicted molar refractivity (Wildman–Crippen MR) is 265 cm³/mol. The maximum Gasteiger partial charge on any atom is 0.510 e. The molecule has 0 saturated carbocycles. The molecular weight excluding hydrogens is 1090 g/mol. The topological polar surface area (TPSA) is 445 Å². The molecular formula is C42H64N10O24P2. The lowest BCUT2D eigenvalue weighted by Gasteiger charge is -2.21. The molecule has 0 amide bonds. The number of aromatic nitrogens is 8. The fraction of sp³-hybridized carbons (Fsp3) is 0.571. The second-order valence-corrected chi connectivity index (χ2v) is 20.3. The molecule has 34 nitrogen and oxygen atoms in total. The van der Waals surface area contributed by atoms with Crippen LogP contribution in [0.1, 0.15) is 69.2 Å². The average molecular weight is 1150 g/mol. The minimum Gasteiger partial charge on any atom is -0.478 e. The van der Waals surface area contributed by atoms with Crippen LogP contribution in [0.25, 0.3) is 22.3 Å². The number of imidazole rings is 2. The second-order valence-electron chi connectivity index (χ2n) is 16.3. The van der Waals surface area contributed by atoms with Crippen molar-refractivity contribution in [2.45, 2.75) is 119 Å². The van der Waals surface area contributed by atoms with E-state index in [-0.39, 0.29) is 24.7 Å². The lowest BCUT2D eigenvalue weighted by Crippen LogP contribution is -2.20. The van der Waals surface area contributed by atoms with Crippen molar-refractivity contribution in [2.75, 3.05) is 51.3 Å². The molecule has 0 aromatic carbocycles. The largest absolute Gasteiger partial charge is 0.510 e. The first kappa shape index (κ1) is 66.8. The summed E-state index contributed by atoms with van der Waals surface area (Å²) in [6, 6.07) is 0. The van der Waals surface area contributed by atoms with Crippen LogP contribution >= 0.6 is 15.2 Å². The Balaban J connectivity index is 0.000000467. The maximum absolute atomic E-state index is 13.1. The Bertz CT molecular complexity index is 2440. The van der Waals surface area contributed by atoms with E-state index in [1.54, 1.807) is 78.4 Å². The van der Waals surface area contributed by atoms with Crippen molar-refractivity contribution in [1.82, 2.24) is 39.0 Å². The third-order valence-corrected chi connectivity index (χ3v) is 11.1. The van der Waals surface area contributed by atoms with Crippen molar-refractivity contribution in [1.29, 1.82) is 0 Å². The Morgan fingerprint density at radius 3 is 1.04 bits per heavy atom. The van der Waals surface area contributed by atoms with E-state index in [0.717, 1.165) is 0 Å². The molecule has 4 heterocycles. The van der Waals surface area contributed by atoms with E-state index in [2.05, 4.69) is 29.9 Å². The van der Waals surface area contributed by atoms with Crippen molar-refractivity contribution < 1.29 is 114 Å². The van der Waals surface area contributed by atoms with Gasteiger partial charge in [0, 0.05) is 12.2 Å². The second kappa shape index (κ2) is 33.8. The molecule has 0 bridgehead atoms. The first-order chi connectivity index (χ1) is 36.6. The molecule has 4 rings (SSSR count). The summed E-state index contributed by atoms with van der Waals surface area (Å²) in [4.78, 5) is 89.6. The van der Waals surface area contributed by atoms with Gasteiger partial charge < -0.3 is 78.2 Å². The molecule has 4 aromatic rings. The number of nitrogen functional groups attached to an aromatic ring is 2. The minimum absolute atomic E-state index is 0.237. The zero-order valence-corrected chi connectivity index (χ0v) is 45.9. The van der Waals surface area contributed by atoms with E-state index >= 15 is 0 Å². The Labute approximate surface area is 445 Å². The molecule has 4 aromatic heterocycles. The average Bonchev–Trinajstić information content (AvgIpc) is 3.94. The van der Waals surface area contributed by atoms with Crippen LogP contribution in [-0.4, -0.2) is 162 Å². The Morgan fingerprint density at radius 1 is 0.500 bits per heavy atom. The lowest BCUT2D eigenvalue weighted by atomic mass is 10.4. The molecule has 2 atom stereocenters. The summed E-state index contributed by atoms with van der Waals surface area (Å²) in [6.07, 6.45) is -1.15. The number of fused-ring (bicyclic) bond motifs is 2. The van der Waals surface area contributed by atoms with Crippen LogP contribution in [0.2, 0.25) is 0 Å². The van der Waals surface area contributed by atoms with Gasteiger partial charge in [-0.25, -0.2) is 58.7 Å². The smallest absolute Gasteiger partial charge is 0.478 e. The number of rotatable bonds is 28. The van der Waals surface area contributed by atoms with Crippen molar-refractivity contribution >= 4 is 85.7 Å². The molecule has 0 radical (unpaired) electrons. The number of hydrogen-bond acceptors (Lipinski definition) is 30. The van der Waals surface area contributed by atoms with Crippen LogP contribution in [0.4, 0.5) is 30.8 Å². The van der Waals surface area contributed by atoms with Gasteiger partial charge in [-0.1, -0.05) is 0 Å². The van der Waals surface area contributed by atoms with Crippen LogP contribution in [0.5, 0.6) is 0 Å². The summed E-state index contributed by atoms with van der Waals surface area (Å²) in [5, 5.41) is 15.6. The number of anilines is 2.